The fourth-order valence-electron chi connectivity index (χ4n) is 1.80. The van der Waals surface area contributed by atoms with Crippen molar-refractivity contribution in [2.24, 2.45) is 0 Å². The van der Waals surface area contributed by atoms with Crippen LogP contribution in [0.5, 0.6) is 0 Å². The van der Waals surface area contributed by atoms with Crippen LogP contribution < -0.4 is 10.9 Å². The molecule has 0 aliphatic heterocycles. The second kappa shape index (κ2) is 7.23. The number of H-pyrrole nitrogens is 1. The number of amides is 1. The maximum Gasteiger partial charge on any atom is 0.252 e. The number of thioether (sulfide) groups is 1. The summed E-state index contributed by atoms with van der Waals surface area (Å²) in [6, 6.07) is 1.51. The third-order valence-electron chi connectivity index (χ3n) is 2.78. The maximum absolute atomic E-state index is 11.7. The molecule has 0 aromatic carbocycles. The van der Waals surface area contributed by atoms with Gasteiger partial charge in [0, 0.05) is 25.4 Å². The number of fused-ring (bicyclic) bond motifs is 1. The summed E-state index contributed by atoms with van der Waals surface area (Å²) in [7, 11) is 1.58. The zero-order valence-corrected chi connectivity index (χ0v) is 12.7. The molecule has 0 saturated carbocycles. The third-order valence-corrected chi connectivity index (χ3v) is 3.71. The van der Waals surface area contributed by atoms with Gasteiger partial charge in [0.25, 0.3) is 5.56 Å². The third kappa shape index (κ3) is 3.82. The Labute approximate surface area is 125 Å². The molecule has 0 bridgehead atoms. The van der Waals surface area contributed by atoms with Gasteiger partial charge < -0.3 is 10.1 Å². The first-order valence-electron chi connectivity index (χ1n) is 6.51. The molecule has 0 atom stereocenters. The fraction of sp³-hybridized carbons (Fsp3) is 0.500. The highest BCUT2D eigenvalue weighted by Gasteiger charge is 2.12. The molecule has 9 heteroatoms. The van der Waals surface area contributed by atoms with Crippen LogP contribution in [0, 0.1) is 0 Å². The Morgan fingerprint density at radius 3 is 3.05 bits per heavy atom. The maximum atomic E-state index is 11.7. The average molecular weight is 311 g/mol. The standard InChI is InChI=1S/C12H17N5O3S/c1-3-8-6-9(18)14-11-15-16-12(17(8)11)21-7-10(19)13-4-5-20-2/h6H,3-5,7H2,1-2H3,(H,13,19)(H,14,15,18). The number of aromatic amines is 1. The van der Waals surface area contributed by atoms with Crippen molar-refractivity contribution in [3.05, 3.63) is 22.1 Å². The van der Waals surface area contributed by atoms with Crippen LogP contribution in [0.4, 0.5) is 0 Å². The Balaban J connectivity index is 2.09. The zero-order valence-electron chi connectivity index (χ0n) is 11.9. The molecule has 0 unspecified atom stereocenters. The second-order valence-corrected chi connectivity index (χ2v) is 5.19. The van der Waals surface area contributed by atoms with Crippen LogP contribution in [0.3, 0.4) is 0 Å². The number of hydrogen-bond acceptors (Lipinski definition) is 6. The number of nitrogens with zero attached hydrogens (tertiary/aromatic N) is 3. The molecule has 0 aliphatic rings. The van der Waals surface area contributed by atoms with Crippen molar-refractivity contribution in [2.75, 3.05) is 26.0 Å². The molecule has 0 fully saturated rings. The topological polar surface area (TPSA) is 101 Å². The van der Waals surface area contributed by atoms with Crippen molar-refractivity contribution in [3.8, 4) is 0 Å². The summed E-state index contributed by atoms with van der Waals surface area (Å²) in [5.74, 6) is 0.519. The van der Waals surface area contributed by atoms with E-state index in [0.717, 1.165) is 5.69 Å². The summed E-state index contributed by atoms with van der Waals surface area (Å²) in [4.78, 5) is 25.7. The van der Waals surface area contributed by atoms with Gasteiger partial charge in [0.15, 0.2) is 5.16 Å². The number of carbonyl (C=O) groups is 1. The minimum absolute atomic E-state index is 0.101. The Bertz CT molecular complexity index is 681. The Hall–Kier alpha value is -1.87. The van der Waals surface area contributed by atoms with E-state index in [9.17, 15) is 9.59 Å². The number of nitrogens with one attached hydrogen (secondary N) is 2. The lowest BCUT2D eigenvalue weighted by molar-refractivity contribution is -0.118. The van der Waals surface area contributed by atoms with Gasteiger partial charge in [0.2, 0.25) is 11.7 Å². The summed E-state index contributed by atoms with van der Waals surface area (Å²) >= 11 is 1.27. The molecule has 1 amide bonds. The molecular formula is C12H17N5O3S. The van der Waals surface area contributed by atoms with Gasteiger partial charge in [-0.1, -0.05) is 18.7 Å². The van der Waals surface area contributed by atoms with Gasteiger partial charge in [0.1, 0.15) is 0 Å². The monoisotopic (exact) mass is 311 g/mol. The van der Waals surface area contributed by atoms with Crippen LogP contribution in [-0.4, -0.2) is 51.5 Å². The van der Waals surface area contributed by atoms with Crippen LogP contribution >= 0.6 is 11.8 Å². The summed E-state index contributed by atoms with van der Waals surface area (Å²) in [6.07, 6.45) is 0.673. The molecule has 2 N–H and O–H groups in total. The van der Waals surface area contributed by atoms with E-state index in [4.69, 9.17) is 4.74 Å². The summed E-state index contributed by atoms with van der Waals surface area (Å²) in [6.45, 7) is 2.90. The predicted octanol–water partition coefficient (Wildman–Crippen LogP) is -0.165. The molecule has 21 heavy (non-hydrogen) atoms. The molecule has 2 aromatic rings. The van der Waals surface area contributed by atoms with Gasteiger partial charge in [-0.2, -0.15) is 0 Å². The Morgan fingerprint density at radius 1 is 1.52 bits per heavy atom. The number of carbonyl (C=O) groups excluding carboxylic acids is 1. The molecule has 0 aliphatic carbocycles. The number of methoxy groups -OCH3 is 1. The van der Waals surface area contributed by atoms with Gasteiger partial charge in [-0.05, 0) is 6.42 Å². The fourth-order valence-corrected chi connectivity index (χ4v) is 2.59. The van der Waals surface area contributed by atoms with Crippen molar-refractivity contribution in [2.45, 2.75) is 18.5 Å². The minimum Gasteiger partial charge on any atom is -0.383 e. The number of aromatic nitrogens is 4. The predicted molar refractivity (Wildman–Crippen MR) is 78.6 cm³/mol. The van der Waals surface area contributed by atoms with Crippen molar-refractivity contribution >= 4 is 23.4 Å². The van der Waals surface area contributed by atoms with Crippen molar-refractivity contribution in [3.63, 3.8) is 0 Å². The second-order valence-electron chi connectivity index (χ2n) is 4.25. The summed E-state index contributed by atoms with van der Waals surface area (Å²) in [5, 5.41) is 11.3. The highest BCUT2D eigenvalue weighted by Crippen LogP contribution is 2.17. The van der Waals surface area contributed by atoms with Crippen LogP contribution in [0.2, 0.25) is 0 Å². The van der Waals surface area contributed by atoms with Gasteiger partial charge in [-0.15, -0.1) is 10.2 Å². The molecule has 0 saturated heterocycles. The summed E-state index contributed by atoms with van der Waals surface area (Å²) in [5.41, 5.74) is 0.599. The van der Waals surface area contributed by atoms with E-state index in [0.29, 0.717) is 30.5 Å². The van der Waals surface area contributed by atoms with E-state index in [-0.39, 0.29) is 17.2 Å². The van der Waals surface area contributed by atoms with Crippen LogP contribution in [-0.2, 0) is 16.0 Å². The SMILES string of the molecule is CCc1cc(=O)[nH]c2nnc(SCC(=O)NCCOC)n12. The quantitative estimate of drug-likeness (QED) is 0.544. The summed E-state index contributed by atoms with van der Waals surface area (Å²) < 4.78 is 6.62. The van der Waals surface area contributed by atoms with E-state index >= 15 is 0 Å². The molecule has 0 spiro atoms. The first-order chi connectivity index (χ1) is 10.2. The number of ether oxygens (including phenoxy) is 1. The van der Waals surface area contributed by atoms with Crippen LogP contribution in [0.1, 0.15) is 12.6 Å². The lowest BCUT2D eigenvalue weighted by atomic mass is 10.3. The minimum atomic E-state index is -0.208. The number of aryl methyl sites for hydroxylation is 1. The van der Waals surface area contributed by atoms with E-state index in [1.165, 1.54) is 17.8 Å². The normalized spacial score (nSPS) is 11.0. The van der Waals surface area contributed by atoms with Crippen molar-refractivity contribution < 1.29 is 9.53 Å². The first-order valence-corrected chi connectivity index (χ1v) is 7.50. The first kappa shape index (κ1) is 15.5. The molecule has 2 aromatic heterocycles. The van der Waals surface area contributed by atoms with Crippen LogP contribution in [0.25, 0.3) is 5.78 Å². The number of hydrogen-bond donors (Lipinski definition) is 2. The van der Waals surface area contributed by atoms with E-state index in [1.807, 2.05) is 6.92 Å². The van der Waals surface area contributed by atoms with Crippen molar-refractivity contribution in [1.29, 1.82) is 0 Å². The molecule has 114 valence electrons. The van der Waals surface area contributed by atoms with Gasteiger partial charge in [0.05, 0.1) is 12.4 Å². The van der Waals surface area contributed by atoms with E-state index < -0.39 is 0 Å². The molecular weight excluding hydrogens is 294 g/mol. The molecule has 2 heterocycles. The van der Waals surface area contributed by atoms with Crippen molar-refractivity contribution in [1.82, 2.24) is 24.9 Å². The lowest BCUT2D eigenvalue weighted by Gasteiger charge is -2.05. The number of rotatable bonds is 7. The zero-order chi connectivity index (χ0) is 15.2. The van der Waals surface area contributed by atoms with Gasteiger partial charge in [-0.25, -0.2) is 0 Å². The molecule has 8 nitrogen and oxygen atoms in total. The smallest absolute Gasteiger partial charge is 0.252 e. The Morgan fingerprint density at radius 2 is 2.33 bits per heavy atom. The lowest BCUT2D eigenvalue weighted by Crippen LogP contribution is -2.28. The highest BCUT2D eigenvalue weighted by atomic mass is 32.2. The van der Waals surface area contributed by atoms with Gasteiger partial charge >= 0.3 is 0 Å². The van der Waals surface area contributed by atoms with Crippen LogP contribution in [0.15, 0.2) is 16.0 Å². The van der Waals surface area contributed by atoms with E-state index in [2.05, 4.69) is 20.5 Å². The Kier molecular flexibility index (Phi) is 5.34. The van der Waals surface area contributed by atoms with Gasteiger partial charge in [-0.3, -0.25) is 19.0 Å². The van der Waals surface area contributed by atoms with E-state index in [1.54, 1.807) is 11.5 Å². The molecule has 0 radical (unpaired) electrons. The average Bonchev–Trinajstić information content (AvgIpc) is 2.87. The largest absolute Gasteiger partial charge is 0.383 e. The highest BCUT2D eigenvalue weighted by molar-refractivity contribution is 7.99. The molecule has 2 rings (SSSR count).